The minimum absolute atomic E-state index is 0.287. The summed E-state index contributed by atoms with van der Waals surface area (Å²) in [7, 11) is 3.43. The van der Waals surface area contributed by atoms with E-state index in [1.54, 1.807) is 14.2 Å². The number of nitrogens with one attached hydrogen (secondary N) is 2. The molecule has 2 aromatic heterocycles. The molecule has 0 aliphatic heterocycles. The first-order chi connectivity index (χ1) is 14.8. The van der Waals surface area contributed by atoms with Gasteiger partial charge in [-0.05, 0) is 55.5 Å². The van der Waals surface area contributed by atoms with Crippen molar-refractivity contribution in [3.63, 3.8) is 0 Å². The summed E-state index contributed by atoms with van der Waals surface area (Å²) in [6.07, 6.45) is 6.93. The van der Waals surface area contributed by atoms with E-state index < -0.39 is 0 Å². The molecule has 30 heavy (non-hydrogen) atoms. The second kappa shape index (κ2) is 9.47. The van der Waals surface area contributed by atoms with E-state index in [2.05, 4.69) is 25.8 Å². The fraction of sp³-hybridized carbons (Fsp3) is 0.409. The van der Waals surface area contributed by atoms with E-state index in [1.807, 2.05) is 47.0 Å². The van der Waals surface area contributed by atoms with Gasteiger partial charge in [0.1, 0.15) is 0 Å². The number of nitrogens with zero attached hydrogens (tertiary/aromatic N) is 4. The molecule has 0 amide bonds. The molecule has 0 saturated heterocycles. The van der Waals surface area contributed by atoms with E-state index in [-0.39, 0.29) is 6.10 Å². The lowest BCUT2D eigenvalue weighted by Gasteiger charge is -2.17. The Kier molecular flexibility index (Phi) is 6.32. The van der Waals surface area contributed by atoms with Crippen molar-refractivity contribution in [3.8, 4) is 11.5 Å². The highest BCUT2D eigenvalue weighted by atomic mass is 16.5. The number of hydrogen-bond acceptors (Lipinski definition) is 5. The SMILES string of the molecule is CN=C(NCc1ccc(OC)c(OC2CCCC2)c1)NCc1nnc2ccccn12. The van der Waals surface area contributed by atoms with Crippen molar-refractivity contribution in [3.05, 3.63) is 54.0 Å². The maximum absolute atomic E-state index is 6.19. The Bertz CT molecular complexity index is 1010. The number of rotatable bonds is 7. The van der Waals surface area contributed by atoms with Crippen molar-refractivity contribution in [1.29, 1.82) is 0 Å². The molecule has 2 heterocycles. The second-order valence-corrected chi connectivity index (χ2v) is 7.33. The van der Waals surface area contributed by atoms with Crippen LogP contribution < -0.4 is 20.1 Å². The summed E-state index contributed by atoms with van der Waals surface area (Å²) in [5.41, 5.74) is 1.92. The Morgan fingerprint density at radius 1 is 1.10 bits per heavy atom. The summed E-state index contributed by atoms with van der Waals surface area (Å²) in [6, 6.07) is 11.9. The number of guanidine groups is 1. The summed E-state index contributed by atoms with van der Waals surface area (Å²) in [6.45, 7) is 1.13. The highest BCUT2D eigenvalue weighted by molar-refractivity contribution is 5.79. The Balaban J connectivity index is 1.36. The number of hydrogen-bond donors (Lipinski definition) is 2. The fourth-order valence-electron chi connectivity index (χ4n) is 3.69. The van der Waals surface area contributed by atoms with Crippen LogP contribution in [-0.4, -0.2) is 40.8 Å². The quantitative estimate of drug-likeness (QED) is 0.462. The predicted octanol–water partition coefficient (Wildman–Crippen LogP) is 2.92. The van der Waals surface area contributed by atoms with E-state index in [9.17, 15) is 0 Å². The summed E-state index contributed by atoms with van der Waals surface area (Å²) in [5.74, 6) is 3.09. The van der Waals surface area contributed by atoms with Crippen LogP contribution in [0.25, 0.3) is 5.65 Å². The molecule has 3 aromatic rings. The molecule has 158 valence electrons. The van der Waals surface area contributed by atoms with Crippen LogP contribution in [0.5, 0.6) is 11.5 Å². The summed E-state index contributed by atoms with van der Waals surface area (Å²) in [5, 5.41) is 15.0. The molecule has 2 N–H and O–H groups in total. The third-order valence-electron chi connectivity index (χ3n) is 5.31. The molecule has 1 aromatic carbocycles. The van der Waals surface area contributed by atoms with E-state index in [4.69, 9.17) is 9.47 Å². The van der Waals surface area contributed by atoms with Crippen molar-refractivity contribution in [2.24, 2.45) is 4.99 Å². The molecule has 1 saturated carbocycles. The van der Waals surface area contributed by atoms with Gasteiger partial charge in [-0.15, -0.1) is 10.2 Å². The number of pyridine rings is 1. The highest BCUT2D eigenvalue weighted by Gasteiger charge is 2.18. The van der Waals surface area contributed by atoms with E-state index in [0.717, 1.165) is 41.4 Å². The first-order valence-corrected chi connectivity index (χ1v) is 10.3. The number of aromatic nitrogens is 3. The van der Waals surface area contributed by atoms with Crippen LogP contribution in [0.15, 0.2) is 47.6 Å². The van der Waals surface area contributed by atoms with Crippen molar-refractivity contribution < 1.29 is 9.47 Å². The Morgan fingerprint density at radius 3 is 2.73 bits per heavy atom. The van der Waals surface area contributed by atoms with Gasteiger partial charge in [-0.25, -0.2) is 0 Å². The van der Waals surface area contributed by atoms with Crippen LogP contribution in [-0.2, 0) is 13.1 Å². The van der Waals surface area contributed by atoms with Crippen LogP contribution in [0.4, 0.5) is 0 Å². The molecule has 1 fully saturated rings. The molecular weight excluding hydrogens is 380 g/mol. The third-order valence-corrected chi connectivity index (χ3v) is 5.31. The van der Waals surface area contributed by atoms with Gasteiger partial charge < -0.3 is 20.1 Å². The zero-order valence-corrected chi connectivity index (χ0v) is 17.5. The van der Waals surface area contributed by atoms with Crippen LogP contribution >= 0.6 is 0 Å². The van der Waals surface area contributed by atoms with Crippen molar-refractivity contribution in [2.75, 3.05) is 14.2 Å². The maximum atomic E-state index is 6.19. The van der Waals surface area contributed by atoms with Crippen molar-refractivity contribution in [2.45, 2.75) is 44.9 Å². The van der Waals surface area contributed by atoms with E-state index in [1.165, 1.54) is 12.8 Å². The van der Waals surface area contributed by atoms with Gasteiger partial charge in [0.15, 0.2) is 28.9 Å². The van der Waals surface area contributed by atoms with E-state index >= 15 is 0 Å². The average Bonchev–Trinajstić information content (AvgIpc) is 3.44. The highest BCUT2D eigenvalue weighted by Crippen LogP contribution is 2.32. The third kappa shape index (κ3) is 4.64. The molecule has 0 spiro atoms. The molecule has 1 aliphatic rings. The molecule has 0 radical (unpaired) electrons. The molecule has 0 atom stereocenters. The van der Waals surface area contributed by atoms with Crippen LogP contribution in [0.1, 0.15) is 37.1 Å². The van der Waals surface area contributed by atoms with E-state index in [0.29, 0.717) is 19.0 Å². The summed E-state index contributed by atoms with van der Waals surface area (Å²) < 4.78 is 13.6. The van der Waals surface area contributed by atoms with Gasteiger partial charge in [-0.3, -0.25) is 9.39 Å². The molecular formula is C22H28N6O2. The van der Waals surface area contributed by atoms with Crippen LogP contribution in [0.2, 0.25) is 0 Å². The van der Waals surface area contributed by atoms with Gasteiger partial charge >= 0.3 is 0 Å². The number of aliphatic imine (C=N–C) groups is 1. The van der Waals surface area contributed by atoms with Gasteiger partial charge in [0.2, 0.25) is 0 Å². The largest absolute Gasteiger partial charge is 0.493 e. The van der Waals surface area contributed by atoms with Crippen LogP contribution in [0, 0.1) is 0 Å². The zero-order chi connectivity index (χ0) is 20.8. The summed E-state index contributed by atoms with van der Waals surface area (Å²) >= 11 is 0. The molecule has 1 aliphatic carbocycles. The van der Waals surface area contributed by atoms with Crippen molar-refractivity contribution in [1.82, 2.24) is 25.2 Å². The first kappa shape index (κ1) is 20.0. The minimum atomic E-state index is 0.287. The topological polar surface area (TPSA) is 85.1 Å². The van der Waals surface area contributed by atoms with Crippen LogP contribution in [0.3, 0.4) is 0 Å². The predicted molar refractivity (Wildman–Crippen MR) is 116 cm³/mol. The van der Waals surface area contributed by atoms with Gasteiger partial charge in [-0.1, -0.05) is 12.1 Å². The average molecular weight is 409 g/mol. The Hall–Kier alpha value is -3.29. The number of benzene rings is 1. The minimum Gasteiger partial charge on any atom is -0.493 e. The molecule has 4 rings (SSSR count). The number of methoxy groups -OCH3 is 1. The van der Waals surface area contributed by atoms with Gasteiger partial charge in [0, 0.05) is 19.8 Å². The van der Waals surface area contributed by atoms with Gasteiger partial charge in [0.05, 0.1) is 19.8 Å². The fourth-order valence-corrected chi connectivity index (χ4v) is 3.69. The lowest BCUT2D eigenvalue weighted by atomic mass is 10.2. The van der Waals surface area contributed by atoms with Crippen molar-refractivity contribution >= 4 is 11.6 Å². The monoisotopic (exact) mass is 408 g/mol. The number of fused-ring (bicyclic) bond motifs is 1. The second-order valence-electron chi connectivity index (χ2n) is 7.33. The van der Waals surface area contributed by atoms with Gasteiger partial charge in [0.25, 0.3) is 0 Å². The lowest BCUT2D eigenvalue weighted by Crippen LogP contribution is -2.36. The number of ether oxygens (including phenoxy) is 2. The Morgan fingerprint density at radius 2 is 1.93 bits per heavy atom. The molecule has 0 bridgehead atoms. The molecule has 8 nitrogen and oxygen atoms in total. The lowest BCUT2D eigenvalue weighted by molar-refractivity contribution is 0.200. The smallest absolute Gasteiger partial charge is 0.191 e. The zero-order valence-electron chi connectivity index (χ0n) is 17.5. The maximum Gasteiger partial charge on any atom is 0.191 e. The summed E-state index contributed by atoms with van der Waals surface area (Å²) in [4.78, 5) is 4.30. The molecule has 8 heteroatoms. The molecule has 0 unspecified atom stereocenters. The standard InChI is InChI=1S/C22H28N6O2/c1-23-22(25-15-21-27-26-20-9-5-6-12-28(20)21)24-14-16-10-11-18(29-2)19(13-16)30-17-7-3-4-8-17/h5-6,9-13,17H,3-4,7-8,14-15H2,1-2H3,(H2,23,24,25). The Labute approximate surface area is 176 Å². The normalized spacial score (nSPS) is 14.8. The van der Waals surface area contributed by atoms with Gasteiger partial charge in [-0.2, -0.15) is 0 Å². The first-order valence-electron chi connectivity index (χ1n) is 10.3.